The van der Waals surface area contributed by atoms with Crippen LogP contribution >= 0.6 is 11.8 Å². The fraction of sp³-hybridized carbons (Fsp3) is 0.0833. The van der Waals surface area contributed by atoms with Crippen molar-refractivity contribution >= 4 is 17.5 Å². The van der Waals surface area contributed by atoms with E-state index in [1.807, 2.05) is 35.7 Å². The second-order valence-corrected chi connectivity index (χ2v) is 4.66. The first-order valence-electron chi connectivity index (χ1n) is 5.41. The van der Waals surface area contributed by atoms with Crippen LogP contribution in [0.5, 0.6) is 0 Å². The van der Waals surface area contributed by atoms with E-state index in [1.165, 1.54) is 16.6 Å². The maximum Gasteiger partial charge on any atom is 0.295 e. The van der Waals surface area contributed by atoms with Gasteiger partial charge in [0.15, 0.2) is 0 Å². The van der Waals surface area contributed by atoms with Gasteiger partial charge < -0.3 is 0 Å². The molecule has 0 spiro atoms. The molecule has 0 saturated carbocycles. The van der Waals surface area contributed by atoms with E-state index in [0.717, 1.165) is 11.3 Å². The number of hydrogen-bond donors (Lipinski definition) is 1. The summed E-state index contributed by atoms with van der Waals surface area (Å²) in [5, 5.41) is 6.63. The minimum atomic E-state index is -0.285. The van der Waals surface area contributed by atoms with Crippen LogP contribution in [0.15, 0.2) is 45.7 Å². The molecule has 1 aliphatic rings. The highest BCUT2D eigenvalue weighted by Gasteiger charge is 2.14. The number of aryl methyl sites for hydroxylation is 1. The molecule has 0 amide bonds. The average Bonchev–Trinajstić information content (AvgIpc) is 2.41. The zero-order chi connectivity index (χ0) is 12.5. The van der Waals surface area contributed by atoms with Gasteiger partial charge in [0.1, 0.15) is 5.69 Å². The second-order valence-electron chi connectivity index (χ2n) is 3.82. The van der Waals surface area contributed by atoms with Crippen LogP contribution in [0, 0.1) is 6.92 Å². The molecule has 90 valence electrons. The van der Waals surface area contributed by atoms with Gasteiger partial charge in [0.25, 0.3) is 5.56 Å². The first kappa shape index (κ1) is 11.0. The second kappa shape index (κ2) is 4.30. The van der Waals surface area contributed by atoms with Gasteiger partial charge in [-0.25, -0.2) is 0 Å². The summed E-state index contributed by atoms with van der Waals surface area (Å²) in [5.74, 6) is 0. The molecule has 1 aromatic carbocycles. The van der Waals surface area contributed by atoms with E-state index >= 15 is 0 Å². The van der Waals surface area contributed by atoms with Gasteiger partial charge >= 0.3 is 0 Å². The van der Waals surface area contributed by atoms with Crippen molar-refractivity contribution in [3.63, 3.8) is 0 Å². The summed E-state index contributed by atoms with van der Waals surface area (Å²) in [5.41, 5.74) is 5.22. The molecule has 3 rings (SSSR count). The highest BCUT2D eigenvalue weighted by Crippen LogP contribution is 2.25. The molecule has 6 heteroatoms. The third kappa shape index (κ3) is 1.91. The molecular formula is C12H10N4OS. The van der Waals surface area contributed by atoms with Crippen LogP contribution in [0.1, 0.15) is 11.3 Å². The molecule has 0 saturated heterocycles. The molecule has 18 heavy (non-hydrogen) atoms. The van der Waals surface area contributed by atoms with E-state index in [2.05, 4.69) is 15.5 Å². The van der Waals surface area contributed by atoms with Gasteiger partial charge in [0, 0.05) is 11.0 Å². The van der Waals surface area contributed by atoms with Gasteiger partial charge in [-0.15, -0.1) is 9.89 Å². The summed E-state index contributed by atoms with van der Waals surface area (Å²) >= 11 is 1.38. The van der Waals surface area contributed by atoms with Crippen molar-refractivity contribution in [3.8, 4) is 0 Å². The van der Waals surface area contributed by atoms with Crippen molar-refractivity contribution in [2.24, 2.45) is 0 Å². The Morgan fingerprint density at radius 1 is 1.28 bits per heavy atom. The SMILES string of the molecule is Cc1nn2c(nc1=O)SC=C(c1ccccc1)N2. The lowest BCUT2D eigenvalue weighted by molar-refractivity contribution is 0.623. The average molecular weight is 258 g/mol. The van der Waals surface area contributed by atoms with Crippen molar-refractivity contribution < 1.29 is 0 Å². The predicted molar refractivity (Wildman–Crippen MR) is 70.7 cm³/mol. The lowest BCUT2D eigenvalue weighted by Gasteiger charge is -2.19. The fourth-order valence-corrected chi connectivity index (χ4v) is 2.34. The minimum absolute atomic E-state index is 0.285. The normalized spacial score (nSPS) is 13.5. The topological polar surface area (TPSA) is 59.8 Å². The lowest BCUT2D eigenvalue weighted by atomic mass is 10.2. The van der Waals surface area contributed by atoms with Gasteiger partial charge in [0.2, 0.25) is 5.16 Å². The minimum Gasteiger partial charge on any atom is -0.275 e. The van der Waals surface area contributed by atoms with Crippen LogP contribution in [0.25, 0.3) is 5.70 Å². The van der Waals surface area contributed by atoms with Gasteiger partial charge in [-0.1, -0.05) is 42.1 Å². The largest absolute Gasteiger partial charge is 0.295 e. The molecule has 0 radical (unpaired) electrons. The molecule has 1 aliphatic heterocycles. The highest BCUT2D eigenvalue weighted by molar-refractivity contribution is 8.02. The van der Waals surface area contributed by atoms with Crippen molar-refractivity contribution in [2.75, 3.05) is 5.43 Å². The standard InChI is InChI=1S/C12H10N4OS/c1-8-11(17)13-12-16(14-8)15-10(7-18-12)9-5-3-2-4-6-9/h2-7,15H,1H3. The predicted octanol–water partition coefficient (Wildman–Crippen LogP) is 1.59. The van der Waals surface area contributed by atoms with Gasteiger partial charge in [-0.3, -0.25) is 10.2 Å². The van der Waals surface area contributed by atoms with Crippen LogP contribution in [-0.2, 0) is 0 Å². The quantitative estimate of drug-likeness (QED) is 0.841. The van der Waals surface area contributed by atoms with E-state index in [0.29, 0.717) is 10.9 Å². The Kier molecular flexibility index (Phi) is 2.64. The first-order chi connectivity index (χ1) is 8.74. The fourth-order valence-electron chi connectivity index (χ4n) is 1.60. The Morgan fingerprint density at radius 3 is 2.83 bits per heavy atom. The number of aromatic nitrogens is 3. The third-order valence-corrected chi connectivity index (χ3v) is 3.36. The number of hydrogen-bond acceptors (Lipinski definition) is 5. The molecule has 0 aliphatic carbocycles. The molecule has 5 nitrogen and oxygen atoms in total. The zero-order valence-electron chi connectivity index (χ0n) is 9.62. The molecular weight excluding hydrogens is 248 g/mol. The van der Waals surface area contributed by atoms with Crippen molar-refractivity contribution in [1.82, 2.24) is 14.9 Å². The van der Waals surface area contributed by atoms with Gasteiger partial charge in [-0.2, -0.15) is 4.98 Å². The molecule has 0 atom stereocenters. The van der Waals surface area contributed by atoms with Gasteiger partial charge in [0.05, 0.1) is 5.70 Å². The monoisotopic (exact) mass is 258 g/mol. The molecule has 0 bridgehead atoms. The van der Waals surface area contributed by atoms with Crippen LogP contribution in [0.4, 0.5) is 0 Å². The molecule has 2 aromatic rings. The summed E-state index contributed by atoms with van der Waals surface area (Å²) in [6.45, 7) is 1.65. The Balaban J connectivity index is 2.00. The van der Waals surface area contributed by atoms with Crippen LogP contribution in [0.2, 0.25) is 0 Å². The maximum absolute atomic E-state index is 11.4. The van der Waals surface area contributed by atoms with Crippen molar-refractivity contribution in [2.45, 2.75) is 12.1 Å². The Bertz CT molecular complexity index is 678. The van der Waals surface area contributed by atoms with E-state index < -0.39 is 0 Å². The number of benzene rings is 1. The molecule has 1 aromatic heterocycles. The zero-order valence-corrected chi connectivity index (χ0v) is 10.4. The van der Waals surface area contributed by atoms with E-state index in [1.54, 1.807) is 6.92 Å². The third-order valence-electron chi connectivity index (χ3n) is 2.53. The smallest absolute Gasteiger partial charge is 0.275 e. The Morgan fingerprint density at radius 2 is 2.06 bits per heavy atom. The lowest BCUT2D eigenvalue weighted by Crippen LogP contribution is -2.28. The summed E-state index contributed by atoms with van der Waals surface area (Å²) in [4.78, 5) is 16.9. The highest BCUT2D eigenvalue weighted by atomic mass is 32.2. The Hall–Kier alpha value is -2.08. The number of thioether (sulfide) groups is 1. The molecule has 0 unspecified atom stereocenters. The molecule has 1 N–H and O–H groups in total. The number of rotatable bonds is 1. The summed E-state index contributed by atoms with van der Waals surface area (Å²) in [6.07, 6.45) is 0. The summed E-state index contributed by atoms with van der Waals surface area (Å²) < 4.78 is 0. The van der Waals surface area contributed by atoms with Crippen LogP contribution < -0.4 is 11.0 Å². The number of nitrogens with one attached hydrogen (secondary N) is 1. The number of nitrogens with zero attached hydrogens (tertiary/aromatic N) is 3. The molecule has 0 fully saturated rings. The van der Waals surface area contributed by atoms with E-state index in [-0.39, 0.29) is 5.56 Å². The maximum atomic E-state index is 11.4. The van der Waals surface area contributed by atoms with Crippen molar-refractivity contribution in [3.05, 3.63) is 57.4 Å². The molecule has 2 heterocycles. The van der Waals surface area contributed by atoms with Crippen LogP contribution in [0.3, 0.4) is 0 Å². The van der Waals surface area contributed by atoms with Crippen molar-refractivity contribution in [1.29, 1.82) is 0 Å². The van der Waals surface area contributed by atoms with Crippen LogP contribution in [-0.4, -0.2) is 14.9 Å². The summed E-state index contributed by atoms with van der Waals surface area (Å²) in [7, 11) is 0. The first-order valence-corrected chi connectivity index (χ1v) is 6.29. The van der Waals surface area contributed by atoms with E-state index in [4.69, 9.17) is 0 Å². The summed E-state index contributed by atoms with van der Waals surface area (Å²) in [6, 6.07) is 9.93. The number of fused-ring (bicyclic) bond motifs is 1. The Labute approximate surface area is 108 Å². The van der Waals surface area contributed by atoms with Gasteiger partial charge in [-0.05, 0) is 6.92 Å². The van der Waals surface area contributed by atoms with E-state index in [9.17, 15) is 4.79 Å².